The van der Waals surface area contributed by atoms with Crippen molar-refractivity contribution in [1.29, 1.82) is 0 Å². The molecule has 0 spiro atoms. The van der Waals surface area contributed by atoms with E-state index in [0.29, 0.717) is 5.37 Å². The van der Waals surface area contributed by atoms with Crippen LogP contribution in [0.2, 0.25) is 0 Å². The second-order valence-electron chi connectivity index (χ2n) is 2.49. The summed E-state index contributed by atoms with van der Waals surface area (Å²) in [4.78, 5) is 0. The molecule has 1 N–H and O–H groups in total. The van der Waals surface area contributed by atoms with Crippen molar-refractivity contribution in [3.8, 4) is 0 Å². The summed E-state index contributed by atoms with van der Waals surface area (Å²) in [6.45, 7) is 0.0907. The number of rotatable bonds is 5. The molecule has 1 aliphatic heterocycles. The average molecular weight is 192 g/mol. The fourth-order valence-corrected chi connectivity index (χ4v) is 3.32. The van der Waals surface area contributed by atoms with Crippen molar-refractivity contribution >= 4 is 23.5 Å². The molecule has 1 unspecified atom stereocenters. The largest absolute Gasteiger partial charge is 0.296 e. The van der Waals surface area contributed by atoms with Gasteiger partial charge in [0, 0.05) is 11.6 Å². The van der Waals surface area contributed by atoms with Crippen LogP contribution in [0.1, 0.15) is 12.8 Å². The predicted molar refractivity (Wildman–Crippen MR) is 51.5 cm³/mol. The first kappa shape index (κ1) is 9.71. The molecule has 0 saturated carbocycles. The molecule has 2 nitrogen and oxygen atoms in total. The standard InChI is InChI=1S/C7H14NOS2/c9-3-1-2-4-11-7-5-10-6-8-7/h7-8H,1-6H2. The molecule has 1 aliphatic rings. The zero-order chi connectivity index (χ0) is 7.94. The Balaban J connectivity index is 1.86. The van der Waals surface area contributed by atoms with Gasteiger partial charge in [-0.05, 0) is 18.6 Å². The Kier molecular flexibility index (Phi) is 5.45. The van der Waals surface area contributed by atoms with Crippen LogP contribution in [-0.2, 0) is 5.11 Å². The third-order valence-corrected chi connectivity index (χ3v) is 3.95. The highest BCUT2D eigenvalue weighted by atomic mass is 32.2. The van der Waals surface area contributed by atoms with Crippen LogP contribution in [0.3, 0.4) is 0 Å². The van der Waals surface area contributed by atoms with Gasteiger partial charge in [-0.25, -0.2) is 5.11 Å². The minimum atomic E-state index is 0.0907. The van der Waals surface area contributed by atoms with Crippen molar-refractivity contribution in [3.63, 3.8) is 0 Å². The highest BCUT2D eigenvalue weighted by molar-refractivity contribution is 8.04. The van der Waals surface area contributed by atoms with Crippen molar-refractivity contribution < 1.29 is 5.11 Å². The van der Waals surface area contributed by atoms with E-state index in [1.54, 1.807) is 0 Å². The maximum absolute atomic E-state index is 10.1. The SMILES string of the molecule is [O]CCCCSC1CSCN1. The molecule has 1 fully saturated rings. The first-order valence-electron chi connectivity index (χ1n) is 3.94. The minimum Gasteiger partial charge on any atom is -0.296 e. The highest BCUT2D eigenvalue weighted by Gasteiger charge is 2.13. The topological polar surface area (TPSA) is 31.9 Å². The Bertz CT molecular complexity index is 96.4. The van der Waals surface area contributed by atoms with Gasteiger partial charge in [-0.15, -0.1) is 23.5 Å². The van der Waals surface area contributed by atoms with E-state index < -0.39 is 0 Å². The number of hydrogen-bond acceptors (Lipinski definition) is 3. The van der Waals surface area contributed by atoms with E-state index in [1.807, 2.05) is 23.5 Å². The lowest BCUT2D eigenvalue weighted by Crippen LogP contribution is -2.19. The van der Waals surface area contributed by atoms with Crippen molar-refractivity contribution in [2.75, 3.05) is 24.0 Å². The molecular formula is C7H14NOS2. The second kappa shape index (κ2) is 6.17. The van der Waals surface area contributed by atoms with Crippen LogP contribution in [0.25, 0.3) is 0 Å². The Morgan fingerprint density at radius 1 is 1.55 bits per heavy atom. The fraction of sp³-hybridized carbons (Fsp3) is 1.00. The summed E-state index contributed by atoms with van der Waals surface area (Å²) < 4.78 is 0. The molecule has 0 aromatic carbocycles. The van der Waals surface area contributed by atoms with E-state index in [2.05, 4.69) is 5.32 Å². The molecule has 1 heterocycles. The molecule has 0 aliphatic carbocycles. The van der Waals surface area contributed by atoms with Crippen molar-refractivity contribution in [2.24, 2.45) is 0 Å². The number of unbranched alkanes of at least 4 members (excludes halogenated alkanes) is 1. The molecule has 11 heavy (non-hydrogen) atoms. The summed E-state index contributed by atoms with van der Waals surface area (Å²) in [5.41, 5.74) is 0. The van der Waals surface area contributed by atoms with E-state index in [1.165, 1.54) is 5.75 Å². The summed E-state index contributed by atoms with van der Waals surface area (Å²) in [5, 5.41) is 14.1. The molecule has 1 atom stereocenters. The van der Waals surface area contributed by atoms with Gasteiger partial charge in [-0.3, -0.25) is 5.32 Å². The quantitative estimate of drug-likeness (QED) is 0.671. The summed E-state index contributed by atoms with van der Waals surface area (Å²) >= 11 is 3.91. The van der Waals surface area contributed by atoms with Gasteiger partial charge in [0.1, 0.15) is 0 Å². The van der Waals surface area contributed by atoms with Gasteiger partial charge in [-0.2, -0.15) is 0 Å². The van der Waals surface area contributed by atoms with Crippen LogP contribution in [0.5, 0.6) is 0 Å². The maximum atomic E-state index is 10.1. The Labute approximate surface area is 76.5 Å². The lowest BCUT2D eigenvalue weighted by atomic mass is 10.4. The maximum Gasteiger partial charge on any atom is 0.0822 e. The van der Waals surface area contributed by atoms with Gasteiger partial charge in [0.05, 0.1) is 12.0 Å². The smallest absolute Gasteiger partial charge is 0.0822 e. The van der Waals surface area contributed by atoms with Gasteiger partial charge in [0.25, 0.3) is 0 Å². The summed E-state index contributed by atoms with van der Waals surface area (Å²) in [5.74, 6) is 3.46. The third-order valence-electron chi connectivity index (χ3n) is 1.54. The third kappa shape index (κ3) is 4.25. The minimum absolute atomic E-state index is 0.0907. The summed E-state index contributed by atoms with van der Waals surface area (Å²) in [7, 11) is 0. The summed E-state index contributed by atoms with van der Waals surface area (Å²) in [6, 6.07) is 0. The number of nitrogens with one attached hydrogen (secondary N) is 1. The molecule has 0 bridgehead atoms. The first-order valence-corrected chi connectivity index (χ1v) is 6.14. The molecule has 1 radical (unpaired) electrons. The first-order chi connectivity index (χ1) is 5.43. The van der Waals surface area contributed by atoms with E-state index in [9.17, 15) is 5.11 Å². The molecule has 65 valence electrons. The molecule has 0 aromatic heterocycles. The van der Waals surface area contributed by atoms with Gasteiger partial charge in [0.2, 0.25) is 0 Å². The molecule has 1 saturated heterocycles. The van der Waals surface area contributed by atoms with Crippen molar-refractivity contribution in [3.05, 3.63) is 0 Å². The number of thioether (sulfide) groups is 2. The molecule has 0 amide bonds. The van der Waals surface area contributed by atoms with Crippen LogP contribution < -0.4 is 5.32 Å². The molecular weight excluding hydrogens is 178 g/mol. The monoisotopic (exact) mass is 192 g/mol. The van der Waals surface area contributed by atoms with Gasteiger partial charge >= 0.3 is 0 Å². The highest BCUT2D eigenvalue weighted by Crippen LogP contribution is 2.20. The van der Waals surface area contributed by atoms with E-state index >= 15 is 0 Å². The van der Waals surface area contributed by atoms with E-state index in [0.717, 1.165) is 24.5 Å². The molecule has 4 heteroatoms. The Morgan fingerprint density at radius 3 is 3.09 bits per heavy atom. The molecule has 0 aromatic rings. The van der Waals surface area contributed by atoms with Gasteiger partial charge < -0.3 is 0 Å². The Hall–Kier alpha value is 0.620. The number of hydrogen-bond donors (Lipinski definition) is 1. The second-order valence-corrected chi connectivity index (χ2v) is 4.83. The van der Waals surface area contributed by atoms with Gasteiger partial charge in [-0.1, -0.05) is 0 Å². The van der Waals surface area contributed by atoms with Crippen molar-refractivity contribution in [2.45, 2.75) is 18.2 Å². The normalized spacial score (nSPS) is 24.3. The zero-order valence-corrected chi connectivity index (χ0v) is 8.18. The van der Waals surface area contributed by atoms with Crippen LogP contribution in [0.4, 0.5) is 0 Å². The summed E-state index contributed by atoms with van der Waals surface area (Å²) in [6.07, 6.45) is 1.92. The zero-order valence-electron chi connectivity index (χ0n) is 6.54. The lowest BCUT2D eigenvalue weighted by molar-refractivity contribution is 0.188. The van der Waals surface area contributed by atoms with Crippen LogP contribution in [0, 0.1) is 0 Å². The van der Waals surface area contributed by atoms with Crippen LogP contribution >= 0.6 is 23.5 Å². The van der Waals surface area contributed by atoms with Gasteiger partial charge in [0.15, 0.2) is 0 Å². The lowest BCUT2D eigenvalue weighted by Gasteiger charge is -2.07. The van der Waals surface area contributed by atoms with E-state index in [-0.39, 0.29) is 6.61 Å². The van der Waals surface area contributed by atoms with Crippen LogP contribution in [-0.4, -0.2) is 29.4 Å². The van der Waals surface area contributed by atoms with Crippen LogP contribution in [0.15, 0.2) is 0 Å². The Morgan fingerprint density at radius 2 is 2.45 bits per heavy atom. The predicted octanol–water partition coefficient (Wildman–Crippen LogP) is 1.55. The van der Waals surface area contributed by atoms with Crippen molar-refractivity contribution in [1.82, 2.24) is 5.32 Å². The molecule has 1 rings (SSSR count). The fourth-order valence-electron chi connectivity index (χ4n) is 0.914. The van der Waals surface area contributed by atoms with E-state index in [4.69, 9.17) is 0 Å². The average Bonchev–Trinajstić information content (AvgIpc) is 2.50.